The number of primary amides is 1. The number of nitrogens with zero attached hydrogens (tertiary/aromatic N) is 2. The standard InChI is InChI=1S/C22H20N4OS/c1-15(4-10-21(23)27)3-9-20-19-13-22(25-14-16(19)11-12-24-20)26-17-5-7-18(28-2)8-6-17/h5-8,11-14H,1,4,10H2,2H3,(H2,23,27)(H,25,26). The van der Waals surface area contributed by atoms with E-state index in [4.69, 9.17) is 5.73 Å². The van der Waals surface area contributed by atoms with Crippen LogP contribution in [0.15, 0.2) is 65.8 Å². The van der Waals surface area contributed by atoms with Crippen LogP contribution in [0, 0.1) is 11.8 Å². The zero-order chi connectivity index (χ0) is 19.9. The Morgan fingerprint density at radius 2 is 2.00 bits per heavy atom. The third kappa shape index (κ3) is 5.12. The fourth-order valence-corrected chi connectivity index (χ4v) is 2.95. The molecule has 0 spiro atoms. The summed E-state index contributed by atoms with van der Waals surface area (Å²) in [4.78, 5) is 20.9. The van der Waals surface area contributed by atoms with Crippen molar-refractivity contribution in [3.63, 3.8) is 0 Å². The molecule has 3 N–H and O–H groups in total. The lowest BCUT2D eigenvalue weighted by Gasteiger charge is -2.08. The summed E-state index contributed by atoms with van der Waals surface area (Å²) in [6.07, 6.45) is 6.24. The summed E-state index contributed by atoms with van der Waals surface area (Å²) in [6.45, 7) is 3.87. The highest BCUT2D eigenvalue weighted by atomic mass is 32.2. The van der Waals surface area contributed by atoms with Crippen LogP contribution < -0.4 is 11.1 Å². The molecule has 3 rings (SSSR count). The van der Waals surface area contributed by atoms with Crippen molar-refractivity contribution in [3.8, 4) is 11.8 Å². The van der Waals surface area contributed by atoms with Gasteiger partial charge in [-0.05, 0) is 60.6 Å². The summed E-state index contributed by atoms with van der Waals surface area (Å²) in [5.41, 5.74) is 7.41. The molecule has 1 aromatic carbocycles. The summed E-state index contributed by atoms with van der Waals surface area (Å²) in [6, 6.07) is 12.0. The first-order valence-electron chi connectivity index (χ1n) is 8.69. The number of hydrogen-bond donors (Lipinski definition) is 2. The highest BCUT2D eigenvalue weighted by Crippen LogP contribution is 2.23. The van der Waals surface area contributed by atoms with Gasteiger partial charge in [0.2, 0.25) is 5.91 Å². The quantitative estimate of drug-likeness (QED) is 0.487. The van der Waals surface area contributed by atoms with E-state index in [1.165, 1.54) is 4.90 Å². The van der Waals surface area contributed by atoms with Crippen molar-refractivity contribution in [1.82, 2.24) is 9.97 Å². The van der Waals surface area contributed by atoms with Gasteiger partial charge in [-0.2, -0.15) is 0 Å². The predicted octanol–water partition coefficient (Wildman–Crippen LogP) is 4.27. The Hall–Kier alpha value is -3.30. The average Bonchev–Trinajstić information content (AvgIpc) is 2.71. The van der Waals surface area contributed by atoms with Crippen LogP contribution >= 0.6 is 11.8 Å². The Balaban J connectivity index is 1.85. The molecule has 5 nitrogen and oxygen atoms in total. The van der Waals surface area contributed by atoms with E-state index in [1.54, 1.807) is 24.2 Å². The molecular weight excluding hydrogens is 368 g/mol. The molecule has 0 unspecified atom stereocenters. The molecule has 0 fully saturated rings. The number of thioether (sulfide) groups is 1. The van der Waals surface area contributed by atoms with Gasteiger partial charge in [0, 0.05) is 40.2 Å². The number of allylic oxidation sites excluding steroid dienone is 1. The monoisotopic (exact) mass is 388 g/mol. The summed E-state index contributed by atoms with van der Waals surface area (Å²) < 4.78 is 0. The van der Waals surface area contributed by atoms with E-state index in [1.807, 2.05) is 30.5 Å². The van der Waals surface area contributed by atoms with Gasteiger partial charge in [-0.3, -0.25) is 4.79 Å². The molecule has 2 heterocycles. The first-order chi connectivity index (χ1) is 13.5. The molecule has 0 aliphatic heterocycles. The molecular formula is C22H20N4OS. The fourth-order valence-electron chi connectivity index (χ4n) is 2.54. The highest BCUT2D eigenvalue weighted by Gasteiger charge is 2.04. The Kier molecular flexibility index (Phi) is 6.30. The molecule has 2 aromatic heterocycles. The van der Waals surface area contributed by atoms with Crippen LogP contribution in [0.3, 0.4) is 0 Å². The highest BCUT2D eigenvalue weighted by molar-refractivity contribution is 7.98. The smallest absolute Gasteiger partial charge is 0.217 e. The van der Waals surface area contributed by atoms with Crippen LogP contribution in [0.2, 0.25) is 0 Å². The van der Waals surface area contributed by atoms with Gasteiger partial charge in [-0.25, -0.2) is 9.97 Å². The number of carbonyl (C=O) groups is 1. The van der Waals surface area contributed by atoms with E-state index < -0.39 is 0 Å². The molecule has 0 aliphatic rings. The van der Waals surface area contributed by atoms with Crippen molar-refractivity contribution < 1.29 is 4.79 Å². The number of fused-ring (bicyclic) bond motifs is 1. The predicted molar refractivity (Wildman–Crippen MR) is 115 cm³/mol. The van der Waals surface area contributed by atoms with Crippen molar-refractivity contribution in [2.75, 3.05) is 11.6 Å². The molecule has 0 atom stereocenters. The molecule has 28 heavy (non-hydrogen) atoms. The van der Waals surface area contributed by atoms with Gasteiger partial charge < -0.3 is 11.1 Å². The van der Waals surface area contributed by atoms with Crippen LogP contribution in [0.1, 0.15) is 18.5 Å². The first-order valence-corrected chi connectivity index (χ1v) is 9.91. The number of amides is 1. The number of nitrogens with one attached hydrogen (secondary N) is 1. The normalized spacial score (nSPS) is 10.2. The Morgan fingerprint density at radius 1 is 1.21 bits per heavy atom. The number of rotatable bonds is 6. The Bertz CT molecular complexity index is 1080. The number of carbonyl (C=O) groups excluding carboxylic acids is 1. The van der Waals surface area contributed by atoms with E-state index >= 15 is 0 Å². The molecule has 3 aromatic rings. The van der Waals surface area contributed by atoms with Crippen LogP contribution in [-0.4, -0.2) is 22.1 Å². The minimum atomic E-state index is -0.362. The minimum absolute atomic E-state index is 0.240. The number of nitrogens with two attached hydrogens (primary N) is 1. The van der Waals surface area contributed by atoms with E-state index in [-0.39, 0.29) is 12.3 Å². The SMILES string of the molecule is C=C(C#Cc1nccc2cnc(Nc3ccc(SC)cc3)cc12)CCC(N)=O. The van der Waals surface area contributed by atoms with Gasteiger partial charge in [0.1, 0.15) is 11.5 Å². The zero-order valence-electron chi connectivity index (χ0n) is 15.5. The van der Waals surface area contributed by atoms with E-state index in [2.05, 4.69) is 45.8 Å². The summed E-state index contributed by atoms with van der Waals surface area (Å²) in [7, 11) is 0. The molecule has 6 heteroatoms. The van der Waals surface area contributed by atoms with Gasteiger partial charge >= 0.3 is 0 Å². The number of hydrogen-bond acceptors (Lipinski definition) is 5. The first kappa shape index (κ1) is 19.5. The second-order valence-corrected chi connectivity index (χ2v) is 7.00. The second-order valence-electron chi connectivity index (χ2n) is 6.12. The maximum Gasteiger partial charge on any atom is 0.217 e. The van der Waals surface area contributed by atoms with E-state index in [9.17, 15) is 4.79 Å². The third-order valence-electron chi connectivity index (χ3n) is 4.04. The molecule has 1 amide bonds. The van der Waals surface area contributed by atoms with Crippen LogP contribution in [0.5, 0.6) is 0 Å². The third-order valence-corrected chi connectivity index (χ3v) is 4.78. The van der Waals surface area contributed by atoms with Crippen LogP contribution in [-0.2, 0) is 4.79 Å². The van der Waals surface area contributed by atoms with Gasteiger partial charge in [0.05, 0.1) is 0 Å². The number of aromatic nitrogens is 2. The van der Waals surface area contributed by atoms with Gasteiger partial charge in [-0.15, -0.1) is 11.8 Å². The van der Waals surface area contributed by atoms with E-state index in [0.29, 0.717) is 23.5 Å². The summed E-state index contributed by atoms with van der Waals surface area (Å²) >= 11 is 1.70. The Labute approximate surface area is 168 Å². The maximum absolute atomic E-state index is 10.9. The lowest BCUT2D eigenvalue weighted by molar-refractivity contribution is -0.117. The van der Waals surface area contributed by atoms with Gasteiger partial charge in [-0.1, -0.05) is 12.5 Å². The van der Waals surface area contributed by atoms with Crippen molar-refractivity contribution in [1.29, 1.82) is 0 Å². The van der Waals surface area contributed by atoms with Crippen molar-refractivity contribution in [3.05, 3.63) is 66.6 Å². The molecule has 140 valence electrons. The summed E-state index contributed by atoms with van der Waals surface area (Å²) in [5, 5.41) is 5.16. The lowest BCUT2D eigenvalue weighted by atomic mass is 10.1. The second kappa shape index (κ2) is 9.07. The molecule has 0 radical (unpaired) electrons. The molecule has 0 saturated heterocycles. The van der Waals surface area contributed by atoms with Gasteiger partial charge in [0.25, 0.3) is 0 Å². The zero-order valence-corrected chi connectivity index (χ0v) is 16.3. The minimum Gasteiger partial charge on any atom is -0.370 e. The molecule has 0 bridgehead atoms. The largest absolute Gasteiger partial charge is 0.370 e. The van der Waals surface area contributed by atoms with Crippen LogP contribution in [0.4, 0.5) is 11.5 Å². The maximum atomic E-state index is 10.9. The number of anilines is 2. The Morgan fingerprint density at radius 3 is 2.71 bits per heavy atom. The molecule has 0 saturated carbocycles. The average molecular weight is 388 g/mol. The van der Waals surface area contributed by atoms with Crippen molar-refractivity contribution in [2.45, 2.75) is 17.7 Å². The topological polar surface area (TPSA) is 80.9 Å². The van der Waals surface area contributed by atoms with Crippen molar-refractivity contribution >= 4 is 39.9 Å². The number of benzene rings is 1. The summed E-state index contributed by atoms with van der Waals surface area (Å²) in [5.74, 6) is 6.37. The molecule has 0 aliphatic carbocycles. The van der Waals surface area contributed by atoms with Gasteiger partial charge in [0.15, 0.2) is 0 Å². The van der Waals surface area contributed by atoms with E-state index in [0.717, 1.165) is 16.5 Å². The lowest BCUT2D eigenvalue weighted by Crippen LogP contribution is -2.09. The number of pyridine rings is 2. The van der Waals surface area contributed by atoms with Crippen LogP contribution in [0.25, 0.3) is 10.8 Å². The van der Waals surface area contributed by atoms with Crippen molar-refractivity contribution in [2.24, 2.45) is 5.73 Å². The fraction of sp³-hybridized carbons (Fsp3) is 0.136.